The molecular weight excluding hydrogens is 388 g/mol. The minimum atomic E-state index is -0.857. The number of halogens is 2. The van der Waals surface area contributed by atoms with Crippen molar-refractivity contribution in [2.45, 2.75) is 84.0 Å². The van der Waals surface area contributed by atoms with E-state index < -0.39 is 17.2 Å². The molecule has 0 amide bonds. The van der Waals surface area contributed by atoms with Gasteiger partial charge < -0.3 is 0 Å². The van der Waals surface area contributed by atoms with E-state index in [1.165, 1.54) is 83.1 Å². The molecule has 1 aromatic carbocycles. The van der Waals surface area contributed by atoms with Gasteiger partial charge in [-0.05, 0) is 80.4 Å². The quantitative estimate of drug-likeness (QED) is 0.336. The molecule has 3 rings (SSSR count). The summed E-state index contributed by atoms with van der Waals surface area (Å²) in [5, 5.41) is 8.72. The lowest BCUT2D eigenvalue weighted by atomic mass is 9.68. The largest absolute Gasteiger partial charge is 0.205 e. The zero-order valence-electron chi connectivity index (χ0n) is 18.8. The molecule has 0 unspecified atom stereocenters. The van der Waals surface area contributed by atoms with E-state index in [4.69, 9.17) is 5.26 Å². The minimum Gasteiger partial charge on any atom is -0.205 e. The highest BCUT2D eigenvalue weighted by Gasteiger charge is 2.30. The number of nitriles is 1. The average molecular weight is 424 g/mol. The second-order valence-electron chi connectivity index (χ2n) is 9.51. The molecule has 0 spiro atoms. The van der Waals surface area contributed by atoms with Crippen LogP contribution >= 0.6 is 0 Å². The molecule has 2 aliphatic rings. The van der Waals surface area contributed by atoms with E-state index in [0.29, 0.717) is 5.92 Å². The second kappa shape index (κ2) is 12.0. The van der Waals surface area contributed by atoms with Crippen molar-refractivity contribution in [2.75, 3.05) is 0 Å². The summed E-state index contributed by atoms with van der Waals surface area (Å²) in [5.41, 5.74) is -0.296. The van der Waals surface area contributed by atoms with Gasteiger partial charge in [0, 0.05) is 5.56 Å². The zero-order valence-corrected chi connectivity index (χ0v) is 18.8. The molecule has 1 aromatic rings. The molecule has 0 aromatic heterocycles. The third-order valence-corrected chi connectivity index (χ3v) is 7.41. The van der Waals surface area contributed by atoms with E-state index in [-0.39, 0.29) is 5.56 Å². The van der Waals surface area contributed by atoms with Crippen LogP contribution in [-0.2, 0) is 0 Å². The SMILES string of the molecule is CCCCCC1CCC(C2CCC(/C=C/C#Cc3cc(F)c(C#N)c(F)c3)CC2)CC1. The van der Waals surface area contributed by atoms with Crippen LogP contribution < -0.4 is 0 Å². The van der Waals surface area contributed by atoms with Gasteiger partial charge in [-0.15, -0.1) is 0 Å². The molecule has 2 aliphatic carbocycles. The highest BCUT2D eigenvalue weighted by atomic mass is 19.1. The first-order valence-electron chi connectivity index (χ1n) is 12.2. The number of hydrogen-bond acceptors (Lipinski definition) is 1. The number of nitrogens with zero attached hydrogens (tertiary/aromatic N) is 1. The average Bonchev–Trinajstić information content (AvgIpc) is 2.78. The maximum atomic E-state index is 13.6. The Morgan fingerprint density at radius 1 is 0.935 bits per heavy atom. The van der Waals surface area contributed by atoms with E-state index >= 15 is 0 Å². The molecule has 2 saturated carbocycles. The van der Waals surface area contributed by atoms with Crippen molar-refractivity contribution in [1.82, 2.24) is 0 Å². The maximum Gasteiger partial charge on any atom is 0.145 e. The lowest BCUT2D eigenvalue weighted by Gasteiger charge is -2.37. The van der Waals surface area contributed by atoms with Crippen LogP contribution in [0.1, 0.15) is 95.1 Å². The van der Waals surface area contributed by atoms with Gasteiger partial charge in [-0.1, -0.05) is 63.4 Å². The number of hydrogen-bond donors (Lipinski definition) is 0. The maximum absolute atomic E-state index is 13.6. The van der Waals surface area contributed by atoms with Gasteiger partial charge in [0.05, 0.1) is 0 Å². The van der Waals surface area contributed by atoms with Gasteiger partial charge in [0.1, 0.15) is 23.3 Å². The van der Waals surface area contributed by atoms with E-state index in [2.05, 4.69) is 24.8 Å². The molecule has 0 atom stereocenters. The summed E-state index contributed by atoms with van der Waals surface area (Å²) in [7, 11) is 0. The molecule has 0 aliphatic heterocycles. The first kappa shape index (κ1) is 23.5. The van der Waals surface area contributed by atoms with Crippen molar-refractivity contribution >= 4 is 0 Å². The Morgan fingerprint density at radius 3 is 2.13 bits per heavy atom. The topological polar surface area (TPSA) is 23.8 Å². The van der Waals surface area contributed by atoms with Crippen molar-refractivity contribution in [2.24, 2.45) is 23.7 Å². The fourth-order valence-corrected chi connectivity index (χ4v) is 5.50. The minimum absolute atomic E-state index is 0.257. The standard InChI is InChI=1S/C28H35F2N/c1-2-3-4-7-21-10-14-24(15-11-21)25-16-12-22(13-17-25)8-5-6-9-23-18-27(29)26(20-31)28(30)19-23/h5,8,18-19,21-22,24-25H,2-4,7,10-17H2,1H3/b8-5+. The monoisotopic (exact) mass is 423 g/mol. The fraction of sp³-hybridized carbons (Fsp3) is 0.607. The van der Waals surface area contributed by atoms with Crippen LogP contribution in [0.5, 0.6) is 0 Å². The van der Waals surface area contributed by atoms with Crippen molar-refractivity contribution in [1.29, 1.82) is 5.26 Å². The molecule has 0 N–H and O–H groups in total. The van der Waals surface area contributed by atoms with Crippen molar-refractivity contribution in [3.8, 4) is 17.9 Å². The van der Waals surface area contributed by atoms with Crippen LogP contribution in [0.15, 0.2) is 24.3 Å². The third kappa shape index (κ3) is 6.93. The number of rotatable bonds is 6. The van der Waals surface area contributed by atoms with E-state index in [0.717, 1.165) is 29.9 Å². The normalized spacial score (nSPS) is 26.3. The van der Waals surface area contributed by atoms with Crippen molar-refractivity contribution in [3.63, 3.8) is 0 Å². The van der Waals surface area contributed by atoms with Crippen LogP contribution in [0.3, 0.4) is 0 Å². The second-order valence-corrected chi connectivity index (χ2v) is 9.51. The number of unbranched alkanes of at least 4 members (excludes halogenated alkanes) is 2. The summed E-state index contributed by atoms with van der Waals surface area (Å²) in [5.74, 6) is 7.34. The van der Waals surface area contributed by atoms with Gasteiger partial charge in [-0.25, -0.2) is 8.78 Å². The van der Waals surface area contributed by atoms with E-state index in [9.17, 15) is 8.78 Å². The van der Waals surface area contributed by atoms with Gasteiger partial charge in [-0.2, -0.15) is 5.26 Å². The first-order valence-corrected chi connectivity index (χ1v) is 12.2. The zero-order chi connectivity index (χ0) is 22.1. The lowest BCUT2D eigenvalue weighted by Crippen LogP contribution is -2.25. The third-order valence-electron chi connectivity index (χ3n) is 7.41. The van der Waals surface area contributed by atoms with Gasteiger partial charge in [0.15, 0.2) is 0 Å². The van der Waals surface area contributed by atoms with Crippen molar-refractivity contribution < 1.29 is 8.78 Å². The summed E-state index contributed by atoms with van der Waals surface area (Å²) >= 11 is 0. The first-order chi connectivity index (χ1) is 15.1. The van der Waals surface area contributed by atoms with Crippen LogP contribution in [-0.4, -0.2) is 0 Å². The van der Waals surface area contributed by atoms with Gasteiger partial charge in [0.25, 0.3) is 0 Å². The summed E-state index contributed by atoms with van der Waals surface area (Å²) in [6, 6.07) is 3.76. The predicted molar refractivity (Wildman–Crippen MR) is 122 cm³/mol. The Bertz CT molecular complexity index is 815. The highest BCUT2D eigenvalue weighted by molar-refractivity contribution is 5.43. The molecule has 31 heavy (non-hydrogen) atoms. The van der Waals surface area contributed by atoms with Gasteiger partial charge in [-0.3, -0.25) is 0 Å². The lowest BCUT2D eigenvalue weighted by molar-refractivity contribution is 0.151. The summed E-state index contributed by atoms with van der Waals surface area (Å²) in [6.07, 6.45) is 20.4. The Labute approximate surface area is 186 Å². The number of allylic oxidation sites excluding steroid dienone is 2. The van der Waals surface area contributed by atoms with Crippen LogP contribution in [0.2, 0.25) is 0 Å². The Balaban J connectivity index is 1.41. The Hall–Kier alpha value is -2.13. The predicted octanol–water partition coefficient (Wildman–Crippen LogP) is 7.94. The number of benzene rings is 1. The fourth-order valence-electron chi connectivity index (χ4n) is 5.50. The molecule has 0 heterocycles. The smallest absolute Gasteiger partial charge is 0.145 e. The van der Waals surface area contributed by atoms with Crippen LogP contribution in [0.25, 0.3) is 0 Å². The van der Waals surface area contributed by atoms with Crippen LogP contribution in [0.4, 0.5) is 8.78 Å². The molecule has 0 bridgehead atoms. The molecule has 2 fully saturated rings. The molecule has 166 valence electrons. The molecule has 3 heteroatoms. The van der Waals surface area contributed by atoms with E-state index in [1.807, 2.05) is 6.08 Å². The van der Waals surface area contributed by atoms with Gasteiger partial charge >= 0.3 is 0 Å². The summed E-state index contributed by atoms with van der Waals surface area (Å²) in [4.78, 5) is 0. The van der Waals surface area contributed by atoms with E-state index in [1.54, 1.807) is 0 Å². The van der Waals surface area contributed by atoms with Crippen LogP contribution in [0, 0.1) is 58.5 Å². The summed E-state index contributed by atoms with van der Waals surface area (Å²) < 4.78 is 27.3. The molecule has 0 radical (unpaired) electrons. The molecule has 0 saturated heterocycles. The van der Waals surface area contributed by atoms with Gasteiger partial charge in [0.2, 0.25) is 0 Å². The Morgan fingerprint density at radius 2 is 1.55 bits per heavy atom. The van der Waals surface area contributed by atoms with Crippen molar-refractivity contribution in [3.05, 3.63) is 47.0 Å². The Kier molecular flexibility index (Phi) is 9.14. The highest BCUT2D eigenvalue weighted by Crippen LogP contribution is 2.42. The molecule has 1 nitrogen and oxygen atoms in total. The molecular formula is C28H35F2N. The summed E-state index contributed by atoms with van der Waals surface area (Å²) in [6.45, 7) is 2.28.